The Kier molecular flexibility index (Phi) is 4.04. The summed E-state index contributed by atoms with van der Waals surface area (Å²) in [5.41, 5.74) is 1.62. The van der Waals surface area contributed by atoms with Crippen molar-refractivity contribution in [2.24, 2.45) is 7.05 Å². The molecule has 1 N–H and O–H groups in total. The molecule has 1 aromatic rings. The highest BCUT2D eigenvalue weighted by atomic mass is 16.6. The average Bonchev–Trinajstić information content (AvgIpc) is 2.66. The molecule has 0 saturated carbocycles. The van der Waals surface area contributed by atoms with Crippen LogP contribution in [0.3, 0.4) is 0 Å². The van der Waals surface area contributed by atoms with E-state index in [1.807, 2.05) is 39.4 Å². The highest BCUT2D eigenvalue weighted by Gasteiger charge is 2.29. The molecule has 1 aromatic heterocycles. The van der Waals surface area contributed by atoms with E-state index in [1.54, 1.807) is 4.90 Å². The molecule has 112 valence electrons. The normalized spacial score (nSPS) is 20.1. The fraction of sp³-hybridized carbons (Fsp3) is 0.714. The van der Waals surface area contributed by atoms with Crippen LogP contribution in [0, 0.1) is 6.92 Å². The largest absolute Gasteiger partial charge is 0.444 e. The van der Waals surface area contributed by atoms with Crippen LogP contribution in [-0.2, 0) is 11.8 Å². The summed E-state index contributed by atoms with van der Waals surface area (Å²) in [6.07, 6.45) is -0.247. The molecular weight excluding hydrogens is 256 g/mol. The molecular formula is C14H24N4O2. The van der Waals surface area contributed by atoms with Gasteiger partial charge in [0.25, 0.3) is 0 Å². The first-order chi connectivity index (χ1) is 9.26. The lowest BCUT2D eigenvalue weighted by Gasteiger charge is -2.34. The topological polar surface area (TPSA) is 59.4 Å². The lowest BCUT2D eigenvalue weighted by atomic mass is 10.1. The number of rotatable bonds is 1. The third kappa shape index (κ3) is 3.50. The van der Waals surface area contributed by atoms with Crippen molar-refractivity contribution in [1.29, 1.82) is 0 Å². The number of piperazine rings is 1. The SMILES string of the molecule is Cc1cc(C2CN(C(=O)OC(C)(C)C)CCN2)n(C)n1. The zero-order chi connectivity index (χ0) is 14.9. The molecule has 0 bridgehead atoms. The maximum atomic E-state index is 12.1. The number of nitrogens with one attached hydrogen (secondary N) is 1. The number of ether oxygens (including phenoxy) is 1. The van der Waals surface area contributed by atoms with Gasteiger partial charge in [-0.3, -0.25) is 4.68 Å². The van der Waals surface area contributed by atoms with Crippen LogP contribution in [0.2, 0.25) is 0 Å². The van der Waals surface area contributed by atoms with Crippen LogP contribution in [0.1, 0.15) is 38.2 Å². The standard InChI is InChI=1S/C14H24N4O2/c1-10-8-12(17(5)16-10)11-9-18(7-6-15-11)13(19)20-14(2,3)4/h8,11,15H,6-7,9H2,1-5H3. The Labute approximate surface area is 120 Å². The molecule has 1 aliphatic heterocycles. The van der Waals surface area contributed by atoms with Crippen LogP contribution < -0.4 is 5.32 Å². The molecule has 6 nitrogen and oxygen atoms in total. The van der Waals surface area contributed by atoms with E-state index in [0.717, 1.165) is 17.9 Å². The minimum Gasteiger partial charge on any atom is -0.444 e. The summed E-state index contributed by atoms with van der Waals surface area (Å²) in [6.45, 7) is 9.65. The van der Waals surface area contributed by atoms with Crippen molar-refractivity contribution in [1.82, 2.24) is 20.0 Å². The monoisotopic (exact) mass is 280 g/mol. The molecule has 1 saturated heterocycles. The summed E-state index contributed by atoms with van der Waals surface area (Å²) in [5, 5.41) is 7.78. The van der Waals surface area contributed by atoms with E-state index in [2.05, 4.69) is 16.5 Å². The third-order valence-electron chi connectivity index (χ3n) is 3.22. The highest BCUT2D eigenvalue weighted by molar-refractivity contribution is 5.68. The van der Waals surface area contributed by atoms with E-state index in [9.17, 15) is 4.79 Å². The first-order valence-electron chi connectivity index (χ1n) is 6.98. The van der Waals surface area contributed by atoms with Gasteiger partial charge < -0.3 is 15.0 Å². The van der Waals surface area contributed by atoms with E-state index in [0.29, 0.717) is 13.1 Å². The molecule has 0 spiro atoms. The fourth-order valence-electron chi connectivity index (χ4n) is 2.40. The number of aromatic nitrogens is 2. The third-order valence-corrected chi connectivity index (χ3v) is 3.22. The zero-order valence-corrected chi connectivity index (χ0v) is 12.9. The number of nitrogens with zero attached hydrogens (tertiary/aromatic N) is 3. The van der Waals surface area contributed by atoms with Gasteiger partial charge in [0, 0.05) is 26.7 Å². The highest BCUT2D eigenvalue weighted by Crippen LogP contribution is 2.19. The minimum atomic E-state index is -0.458. The Hall–Kier alpha value is -1.56. The van der Waals surface area contributed by atoms with Crippen molar-refractivity contribution >= 4 is 6.09 Å². The van der Waals surface area contributed by atoms with Gasteiger partial charge in [0.1, 0.15) is 5.60 Å². The molecule has 6 heteroatoms. The quantitative estimate of drug-likeness (QED) is 0.849. The van der Waals surface area contributed by atoms with E-state index in [4.69, 9.17) is 4.74 Å². The second-order valence-corrected chi connectivity index (χ2v) is 6.27. The smallest absolute Gasteiger partial charge is 0.410 e. The summed E-state index contributed by atoms with van der Waals surface area (Å²) in [4.78, 5) is 13.9. The van der Waals surface area contributed by atoms with E-state index in [-0.39, 0.29) is 12.1 Å². The number of amides is 1. The molecule has 0 aliphatic carbocycles. The summed E-state index contributed by atoms with van der Waals surface area (Å²) < 4.78 is 7.30. The first-order valence-corrected chi connectivity index (χ1v) is 6.98. The van der Waals surface area contributed by atoms with Crippen LogP contribution in [-0.4, -0.2) is 46.0 Å². The number of hydrogen-bond donors (Lipinski definition) is 1. The van der Waals surface area contributed by atoms with Gasteiger partial charge in [-0.05, 0) is 33.8 Å². The van der Waals surface area contributed by atoms with Crippen molar-refractivity contribution in [2.75, 3.05) is 19.6 Å². The molecule has 0 aromatic carbocycles. The first kappa shape index (κ1) is 14.8. The Morgan fingerprint density at radius 2 is 2.20 bits per heavy atom. The Balaban J connectivity index is 2.05. The molecule has 2 rings (SSSR count). The lowest BCUT2D eigenvalue weighted by molar-refractivity contribution is 0.0192. The molecule has 1 fully saturated rings. The summed E-state index contributed by atoms with van der Waals surface area (Å²) in [6, 6.07) is 2.15. The van der Waals surface area contributed by atoms with Gasteiger partial charge in [-0.1, -0.05) is 0 Å². The van der Waals surface area contributed by atoms with Gasteiger partial charge in [0.15, 0.2) is 0 Å². The zero-order valence-electron chi connectivity index (χ0n) is 12.9. The van der Waals surface area contributed by atoms with Gasteiger partial charge >= 0.3 is 6.09 Å². The number of carbonyl (C=O) groups excluding carboxylic acids is 1. The summed E-state index contributed by atoms with van der Waals surface area (Å²) >= 11 is 0. The molecule has 2 heterocycles. The maximum Gasteiger partial charge on any atom is 0.410 e. The van der Waals surface area contributed by atoms with E-state index >= 15 is 0 Å². The van der Waals surface area contributed by atoms with Crippen molar-refractivity contribution in [3.63, 3.8) is 0 Å². The van der Waals surface area contributed by atoms with Gasteiger partial charge in [-0.2, -0.15) is 5.10 Å². The maximum absolute atomic E-state index is 12.1. The minimum absolute atomic E-state index is 0.0995. The molecule has 1 unspecified atom stereocenters. The van der Waals surface area contributed by atoms with Crippen molar-refractivity contribution in [2.45, 2.75) is 39.3 Å². The number of aryl methyl sites for hydroxylation is 2. The van der Waals surface area contributed by atoms with Crippen LogP contribution in [0.4, 0.5) is 4.79 Å². The van der Waals surface area contributed by atoms with Gasteiger partial charge in [-0.25, -0.2) is 4.79 Å². The average molecular weight is 280 g/mol. The van der Waals surface area contributed by atoms with E-state index in [1.165, 1.54) is 0 Å². The Bertz CT molecular complexity index is 490. The number of carbonyl (C=O) groups is 1. The van der Waals surface area contributed by atoms with Crippen molar-refractivity contribution in [3.8, 4) is 0 Å². The molecule has 0 radical (unpaired) electrons. The Morgan fingerprint density at radius 1 is 1.50 bits per heavy atom. The molecule has 1 atom stereocenters. The Morgan fingerprint density at radius 3 is 2.75 bits per heavy atom. The molecule has 20 heavy (non-hydrogen) atoms. The molecule has 1 aliphatic rings. The second-order valence-electron chi connectivity index (χ2n) is 6.27. The van der Waals surface area contributed by atoms with Gasteiger partial charge in [0.2, 0.25) is 0 Å². The van der Waals surface area contributed by atoms with Crippen LogP contribution in [0.25, 0.3) is 0 Å². The fourth-order valence-corrected chi connectivity index (χ4v) is 2.40. The van der Waals surface area contributed by atoms with Gasteiger partial charge in [-0.15, -0.1) is 0 Å². The second kappa shape index (κ2) is 5.44. The van der Waals surface area contributed by atoms with Crippen LogP contribution in [0.5, 0.6) is 0 Å². The summed E-state index contributed by atoms with van der Waals surface area (Å²) in [7, 11) is 1.93. The van der Waals surface area contributed by atoms with Crippen LogP contribution in [0.15, 0.2) is 6.07 Å². The van der Waals surface area contributed by atoms with Crippen LogP contribution >= 0.6 is 0 Å². The lowest BCUT2D eigenvalue weighted by Crippen LogP contribution is -2.50. The summed E-state index contributed by atoms with van der Waals surface area (Å²) in [5.74, 6) is 0. The number of hydrogen-bond acceptors (Lipinski definition) is 4. The van der Waals surface area contributed by atoms with Crippen molar-refractivity contribution in [3.05, 3.63) is 17.5 Å². The van der Waals surface area contributed by atoms with E-state index < -0.39 is 5.60 Å². The predicted octanol–water partition coefficient (Wildman–Crippen LogP) is 1.61. The predicted molar refractivity (Wildman–Crippen MR) is 76.5 cm³/mol. The van der Waals surface area contributed by atoms with Gasteiger partial charge in [0.05, 0.1) is 17.4 Å². The molecule has 1 amide bonds. The van der Waals surface area contributed by atoms with Crippen molar-refractivity contribution < 1.29 is 9.53 Å².